The molecule has 7 nitrogen and oxygen atoms in total. The SMILES string of the molecule is CC(C)c1ccc(NC(=O)CCc2nc3cc(S(=O)(=O)N(C)C)ccc3n2C)cc1. The van der Waals surface area contributed by atoms with Crippen molar-refractivity contribution in [3.05, 3.63) is 53.9 Å². The van der Waals surface area contributed by atoms with E-state index in [1.54, 1.807) is 18.2 Å². The number of amides is 1. The van der Waals surface area contributed by atoms with Gasteiger partial charge in [-0.25, -0.2) is 17.7 Å². The van der Waals surface area contributed by atoms with Gasteiger partial charge < -0.3 is 9.88 Å². The fraction of sp³-hybridized carbons (Fsp3) is 0.364. The Kier molecular flexibility index (Phi) is 6.28. The lowest BCUT2D eigenvalue weighted by Crippen LogP contribution is -2.22. The molecule has 8 heteroatoms. The second-order valence-corrected chi connectivity index (χ2v) is 10.0. The summed E-state index contributed by atoms with van der Waals surface area (Å²) in [5.41, 5.74) is 3.42. The topological polar surface area (TPSA) is 84.3 Å². The molecule has 0 fully saturated rings. The summed E-state index contributed by atoms with van der Waals surface area (Å²) in [6.07, 6.45) is 0.739. The monoisotopic (exact) mass is 428 g/mol. The maximum atomic E-state index is 12.4. The fourth-order valence-corrected chi connectivity index (χ4v) is 4.15. The molecule has 0 bridgehead atoms. The Hall–Kier alpha value is -2.71. The van der Waals surface area contributed by atoms with E-state index in [9.17, 15) is 13.2 Å². The molecule has 3 aromatic rings. The Morgan fingerprint density at radius 3 is 2.40 bits per heavy atom. The van der Waals surface area contributed by atoms with Gasteiger partial charge >= 0.3 is 0 Å². The second-order valence-electron chi connectivity index (χ2n) is 7.85. The predicted octanol–water partition coefficient (Wildman–Crippen LogP) is 3.52. The quantitative estimate of drug-likeness (QED) is 0.624. The molecule has 1 heterocycles. The summed E-state index contributed by atoms with van der Waals surface area (Å²) >= 11 is 0. The molecule has 0 saturated carbocycles. The number of aryl methyl sites for hydroxylation is 2. The largest absolute Gasteiger partial charge is 0.331 e. The van der Waals surface area contributed by atoms with Gasteiger partial charge in [-0.1, -0.05) is 26.0 Å². The van der Waals surface area contributed by atoms with Gasteiger partial charge in [0.2, 0.25) is 15.9 Å². The minimum atomic E-state index is -3.52. The van der Waals surface area contributed by atoms with Crippen molar-refractivity contribution in [2.45, 2.75) is 37.5 Å². The van der Waals surface area contributed by atoms with Crippen LogP contribution in [0.2, 0.25) is 0 Å². The standard InChI is InChI=1S/C22H28N4O3S/c1-15(2)16-6-8-17(9-7-16)23-22(27)13-12-21-24-19-14-18(30(28,29)25(3)4)10-11-20(19)26(21)5/h6-11,14-15H,12-13H2,1-5H3,(H,23,27). The molecular formula is C22H28N4O3S. The Morgan fingerprint density at radius 2 is 1.80 bits per heavy atom. The van der Waals surface area contributed by atoms with Crippen molar-refractivity contribution in [3.63, 3.8) is 0 Å². The first-order valence-electron chi connectivity index (χ1n) is 9.87. The first-order chi connectivity index (χ1) is 14.1. The highest BCUT2D eigenvalue weighted by molar-refractivity contribution is 7.89. The van der Waals surface area contributed by atoms with Crippen LogP contribution in [-0.2, 0) is 28.3 Å². The predicted molar refractivity (Wildman–Crippen MR) is 119 cm³/mol. The average molecular weight is 429 g/mol. The third kappa shape index (κ3) is 4.55. The highest BCUT2D eigenvalue weighted by Gasteiger charge is 2.19. The number of nitrogens with one attached hydrogen (secondary N) is 1. The number of hydrogen-bond acceptors (Lipinski definition) is 4. The highest BCUT2D eigenvalue weighted by atomic mass is 32.2. The summed E-state index contributed by atoms with van der Waals surface area (Å²) in [6, 6.07) is 12.8. The maximum Gasteiger partial charge on any atom is 0.242 e. The second kappa shape index (κ2) is 8.57. The lowest BCUT2D eigenvalue weighted by Gasteiger charge is -2.10. The number of carbonyl (C=O) groups excluding carboxylic acids is 1. The van der Waals surface area contributed by atoms with Crippen LogP contribution in [0.5, 0.6) is 0 Å². The van der Waals surface area contributed by atoms with Crippen molar-refractivity contribution in [2.75, 3.05) is 19.4 Å². The molecule has 0 aliphatic rings. The smallest absolute Gasteiger partial charge is 0.242 e. The summed E-state index contributed by atoms with van der Waals surface area (Å²) in [6.45, 7) is 4.26. The number of hydrogen-bond donors (Lipinski definition) is 1. The summed E-state index contributed by atoms with van der Waals surface area (Å²) in [5.74, 6) is 1.09. The number of aromatic nitrogens is 2. The van der Waals surface area contributed by atoms with Crippen LogP contribution in [0, 0.1) is 0 Å². The molecule has 0 aliphatic heterocycles. The number of carbonyl (C=O) groups is 1. The molecular weight excluding hydrogens is 400 g/mol. The number of nitrogens with zero attached hydrogens (tertiary/aromatic N) is 3. The zero-order valence-electron chi connectivity index (χ0n) is 18.0. The van der Waals surface area contributed by atoms with Crippen molar-refractivity contribution in [2.24, 2.45) is 7.05 Å². The van der Waals surface area contributed by atoms with Crippen molar-refractivity contribution in [1.29, 1.82) is 0 Å². The number of anilines is 1. The minimum absolute atomic E-state index is 0.0878. The van der Waals surface area contributed by atoms with E-state index in [-0.39, 0.29) is 17.2 Å². The van der Waals surface area contributed by atoms with E-state index in [2.05, 4.69) is 24.1 Å². The van der Waals surface area contributed by atoms with Crippen molar-refractivity contribution < 1.29 is 13.2 Å². The van der Waals surface area contributed by atoms with Crippen LogP contribution in [0.1, 0.15) is 37.6 Å². The van der Waals surface area contributed by atoms with Crippen LogP contribution in [-0.4, -0.2) is 42.3 Å². The Labute approximate surface area is 177 Å². The van der Waals surface area contributed by atoms with E-state index in [1.165, 1.54) is 24.0 Å². The molecule has 0 spiro atoms. The number of benzene rings is 2. The van der Waals surface area contributed by atoms with Gasteiger partial charge in [0.05, 0.1) is 15.9 Å². The number of imidazole rings is 1. The van der Waals surface area contributed by atoms with Gasteiger partial charge in [-0.3, -0.25) is 4.79 Å². The Bertz CT molecular complexity index is 1160. The molecule has 1 amide bonds. The van der Waals surface area contributed by atoms with E-state index in [4.69, 9.17) is 0 Å². The van der Waals surface area contributed by atoms with Gasteiger partial charge in [0.15, 0.2) is 0 Å². The van der Waals surface area contributed by atoms with Crippen LogP contribution in [0.25, 0.3) is 11.0 Å². The van der Waals surface area contributed by atoms with E-state index in [0.29, 0.717) is 17.9 Å². The molecule has 1 aromatic heterocycles. The Balaban J connectivity index is 1.71. The van der Waals surface area contributed by atoms with Gasteiger partial charge in [0.1, 0.15) is 5.82 Å². The zero-order chi connectivity index (χ0) is 22.1. The van der Waals surface area contributed by atoms with Gasteiger partial charge in [0.25, 0.3) is 0 Å². The molecule has 2 aromatic carbocycles. The number of rotatable bonds is 7. The van der Waals surface area contributed by atoms with E-state index >= 15 is 0 Å². The minimum Gasteiger partial charge on any atom is -0.331 e. The molecule has 0 aliphatic carbocycles. The first-order valence-corrected chi connectivity index (χ1v) is 11.3. The Morgan fingerprint density at radius 1 is 1.13 bits per heavy atom. The fourth-order valence-electron chi connectivity index (χ4n) is 3.22. The molecule has 1 N–H and O–H groups in total. The van der Waals surface area contributed by atoms with E-state index in [0.717, 1.165) is 17.0 Å². The third-order valence-corrected chi connectivity index (χ3v) is 6.97. The van der Waals surface area contributed by atoms with Crippen LogP contribution >= 0.6 is 0 Å². The molecule has 30 heavy (non-hydrogen) atoms. The molecule has 0 unspecified atom stereocenters. The van der Waals surface area contributed by atoms with Crippen molar-refractivity contribution >= 4 is 32.7 Å². The van der Waals surface area contributed by atoms with Crippen molar-refractivity contribution in [1.82, 2.24) is 13.9 Å². The zero-order valence-corrected chi connectivity index (χ0v) is 18.8. The normalized spacial score (nSPS) is 12.1. The van der Waals surface area contributed by atoms with Gasteiger partial charge in [-0.05, 0) is 41.8 Å². The number of fused-ring (bicyclic) bond motifs is 1. The molecule has 0 radical (unpaired) electrons. The summed E-state index contributed by atoms with van der Waals surface area (Å²) < 4.78 is 27.8. The van der Waals surface area contributed by atoms with Crippen LogP contribution < -0.4 is 5.32 Å². The average Bonchev–Trinajstić information content (AvgIpc) is 3.02. The summed E-state index contributed by atoms with van der Waals surface area (Å²) in [7, 11) is 1.34. The molecule has 0 atom stereocenters. The number of sulfonamides is 1. The van der Waals surface area contributed by atoms with Gasteiger partial charge in [-0.2, -0.15) is 0 Å². The van der Waals surface area contributed by atoms with Gasteiger partial charge in [0, 0.05) is 39.7 Å². The molecule has 3 rings (SSSR count). The van der Waals surface area contributed by atoms with Crippen LogP contribution in [0.3, 0.4) is 0 Å². The summed E-state index contributed by atoms with van der Waals surface area (Å²) in [4.78, 5) is 17.1. The maximum absolute atomic E-state index is 12.4. The lowest BCUT2D eigenvalue weighted by molar-refractivity contribution is -0.116. The van der Waals surface area contributed by atoms with Crippen molar-refractivity contribution in [3.8, 4) is 0 Å². The molecule has 160 valence electrons. The first kappa shape index (κ1) is 22.0. The van der Waals surface area contributed by atoms with Crippen LogP contribution in [0.4, 0.5) is 5.69 Å². The molecule has 0 saturated heterocycles. The summed E-state index contributed by atoms with van der Waals surface area (Å²) in [5, 5.41) is 2.91. The van der Waals surface area contributed by atoms with Gasteiger partial charge in [-0.15, -0.1) is 0 Å². The van der Waals surface area contributed by atoms with E-state index in [1.807, 2.05) is 35.9 Å². The van der Waals surface area contributed by atoms with Crippen LogP contribution in [0.15, 0.2) is 47.4 Å². The third-order valence-electron chi connectivity index (χ3n) is 5.16. The van der Waals surface area contributed by atoms with E-state index < -0.39 is 10.0 Å². The lowest BCUT2D eigenvalue weighted by atomic mass is 10.0. The highest BCUT2D eigenvalue weighted by Crippen LogP contribution is 2.22.